The van der Waals surface area contributed by atoms with E-state index >= 15 is 0 Å². The fourth-order valence-corrected chi connectivity index (χ4v) is 0.336. The lowest BCUT2D eigenvalue weighted by Gasteiger charge is -2.15. The van der Waals surface area contributed by atoms with Gasteiger partial charge in [0.25, 0.3) is 0 Å². The second-order valence-electron chi connectivity index (χ2n) is 3.26. The zero-order valence-corrected chi connectivity index (χ0v) is 6.46. The van der Waals surface area contributed by atoms with E-state index in [9.17, 15) is 5.21 Å². The molecule has 0 spiro atoms. The zero-order chi connectivity index (χ0) is 8.20. The maximum Gasteiger partial charge on any atom is 0.230 e. The lowest BCUT2D eigenvalue weighted by atomic mass is 9.98. The lowest BCUT2D eigenvalue weighted by Crippen LogP contribution is -2.31. The fourth-order valence-electron chi connectivity index (χ4n) is 0.336. The summed E-state index contributed by atoms with van der Waals surface area (Å²) in [7, 11) is 0. The first kappa shape index (κ1) is 9.00. The van der Waals surface area contributed by atoms with Gasteiger partial charge in [0.05, 0.1) is 11.5 Å². The van der Waals surface area contributed by atoms with Crippen LogP contribution >= 0.6 is 0 Å². The van der Waals surface area contributed by atoms with Crippen LogP contribution in [0.25, 0.3) is 0 Å². The quantitative estimate of drug-likeness (QED) is 0.346. The van der Waals surface area contributed by atoms with Gasteiger partial charge >= 0.3 is 0 Å². The van der Waals surface area contributed by atoms with Crippen molar-refractivity contribution in [2.24, 2.45) is 10.7 Å². The number of nitrogens with zero attached hydrogens (tertiary/aromatic N) is 2. The number of hydrazine groups is 1. The third-order valence-electron chi connectivity index (χ3n) is 0.826. The lowest BCUT2D eigenvalue weighted by molar-refractivity contribution is -0.613. The molecule has 60 valence electrons. The predicted octanol–water partition coefficient (Wildman–Crippen LogP) is 0.889. The van der Waals surface area contributed by atoms with Crippen molar-refractivity contribution in [3.05, 3.63) is 5.21 Å². The number of hydrogen-bond donors (Lipinski definition) is 2. The molecule has 0 saturated carbocycles. The molecule has 0 aromatic carbocycles. The van der Waals surface area contributed by atoms with Crippen molar-refractivity contribution in [1.82, 2.24) is 5.43 Å². The Hall–Kier alpha value is -1.00. The highest BCUT2D eigenvalue weighted by Crippen LogP contribution is 2.09. The molecule has 0 fully saturated rings. The van der Waals surface area contributed by atoms with Gasteiger partial charge in [-0.05, 0) is 5.41 Å². The van der Waals surface area contributed by atoms with Crippen LogP contribution in [0.3, 0.4) is 0 Å². The Labute approximate surface area is 59.9 Å². The van der Waals surface area contributed by atoms with E-state index in [4.69, 9.17) is 5.21 Å². The van der Waals surface area contributed by atoms with Gasteiger partial charge in [-0.15, -0.1) is 0 Å². The van der Waals surface area contributed by atoms with Gasteiger partial charge in [-0.3, -0.25) is 0 Å². The van der Waals surface area contributed by atoms with Crippen LogP contribution in [0.4, 0.5) is 0 Å². The van der Waals surface area contributed by atoms with Gasteiger partial charge in [0.1, 0.15) is 0 Å². The molecule has 0 unspecified atom stereocenters. The highest BCUT2D eigenvalue weighted by atomic mass is 16.6. The molecular formula is C5H13N3O2. The first-order valence-electron chi connectivity index (χ1n) is 3.01. The minimum atomic E-state index is 0.00729. The van der Waals surface area contributed by atoms with E-state index in [1.807, 2.05) is 20.8 Å². The molecule has 0 heterocycles. The molecule has 5 nitrogen and oxygen atoms in total. The average molecular weight is 147 g/mol. The Balaban J connectivity index is 3.56. The monoisotopic (exact) mass is 147 g/mol. The van der Waals surface area contributed by atoms with Gasteiger partial charge in [-0.2, -0.15) is 5.43 Å². The molecule has 2 N–H and O–H groups in total. The van der Waals surface area contributed by atoms with E-state index in [1.165, 1.54) is 0 Å². The largest absolute Gasteiger partial charge is 0.569 e. The summed E-state index contributed by atoms with van der Waals surface area (Å²) >= 11 is 0. The first-order chi connectivity index (χ1) is 4.45. The summed E-state index contributed by atoms with van der Waals surface area (Å²) in [6.45, 7) is 6.36. The van der Waals surface area contributed by atoms with E-state index < -0.39 is 0 Å². The fraction of sp³-hybridized carbons (Fsp3) is 1.00. The molecule has 0 aliphatic rings. The highest BCUT2D eigenvalue weighted by molar-refractivity contribution is 4.60. The standard InChI is InChI=1S/C5H13N3O2/c1-5(2,3)4-6-8(10)7-9/h9H,4H2,1-3H3,(H,6,7). The average Bonchev–Trinajstić information content (AvgIpc) is 1.81. The van der Waals surface area contributed by atoms with Gasteiger partial charge in [-0.1, -0.05) is 20.8 Å². The topological polar surface area (TPSA) is 70.7 Å². The summed E-state index contributed by atoms with van der Waals surface area (Å²) in [6.07, 6.45) is 0. The smallest absolute Gasteiger partial charge is 0.230 e. The minimum Gasteiger partial charge on any atom is -0.569 e. The van der Waals surface area contributed by atoms with Crippen LogP contribution < -0.4 is 5.43 Å². The Morgan fingerprint density at radius 3 is 2.40 bits per heavy atom. The van der Waals surface area contributed by atoms with Gasteiger partial charge in [0.15, 0.2) is 0 Å². The third kappa shape index (κ3) is 5.14. The molecule has 0 aromatic heterocycles. The van der Waals surface area contributed by atoms with Crippen molar-refractivity contribution in [3.8, 4) is 0 Å². The van der Waals surface area contributed by atoms with Crippen molar-refractivity contribution in [2.75, 3.05) is 6.54 Å². The summed E-state index contributed by atoms with van der Waals surface area (Å²) < 4.78 is 0. The molecule has 0 atom stereocenters. The number of rotatable bonds is 2. The maximum absolute atomic E-state index is 10.2. The van der Waals surface area contributed by atoms with Crippen LogP contribution in [-0.2, 0) is 0 Å². The molecule has 0 bridgehead atoms. The molecule has 5 heteroatoms. The van der Waals surface area contributed by atoms with Crippen molar-refractivity contribution in [1.29, 1.82) is 0 Å². The van der Waals surface area contributed by atoms with Crippen LogP contribution in [0.5, 0.6) is 0 Å². The summed E-state index contributed by atoms with van der Waals surface area (Å²) in [5.41, 5.74) is 2.34. The Bertz CT molecular complexity index is 127. The van der Waals surface area contributed by atoms with Crippen LogP contribution in [0, 0.1) is 10.6 Å². The summed E-state index contributed by atoms with van der Waals surface area (Å²) in [6, 6.07) is 0. The van der Waals surface area contributed by atoms with Gasteiger partial charge in [0.2, 0.25) is 5.28 Å². The van der Waals surface area contributed by atoms with Gasteiger partial charge < -0.3 is 10.4 Å². The molecule has 0 radical (unpaired) electrons. The van der Waals surface area contributed by atoms with E-state index in [-0.39, 0.29) is 10.4 Å². The molecule has 0 rings (SSSR count). The molecule has 10 heavy (non-hydrogen) atoms. The SMILES string of the molecule is CC(C)(C)CN[N+]([O-])=NO. The predicted molar refractivity (Wildman–Crippen MR) is 35.3 cm³/mol. The maximum atomic E-state index is 10.2. The van der Waals surface area contributed by atoms with Crippen LogP contribution in [0.2, 0.25) is 0 Å². The Morgan fingerprint density at radius 2 is 2.10 bits per heavy atom. The number of nitrogens with one attached hydrogen (secondary N) is 1. The molecule has 0 saturated heterocycles. The van der Waals surface area contributed by atoms with Gasteiger partial charge in [0, 0.05) is 0 Å². The second-order valence-corrected chi connectivity index (χ2v) is 3.26. The zero-order valence-electron chi connectivity index (χ0n) is 6.46. The van der Waals surface area contributed by atoms with Crippen molar-refractivity contribution in [2.45, 2.75) is 20.8 Å². The molecule has 0 aliphatic carbocycles. The molecule has 0 aromatic rings. The Kier molecular flexibility index (Phi) is 2.92. The van der Waals surface area contributed by atoms with Crippen molar-refractivity contribution >= 4 is 0 Å². The van der Waals surface area contributed by atoms with E-state index in [0.29, 0.717) is 6.54 Å². The third-order valence-corrected chi connectivity index (χ3v) is 0.826. The van der Waals surface area contributed by atoms with Gasteiger partial charge in [-0.25, -0.2) is 0 Å². The molecule has 0 amide bonds. The van der Waals surface area contributed by atoms with E-state index in [0.717, 1.165) is 0 Å². The minimum absolute atomic E-state index is 0.00729. The van der Waals surface area contributed by atoms with Crippen LogP contribution in [-0.4, -0.2) is 16.7 Å². The molecular weight excluding hydrogens is 134 g/mol. The summed E-state index contributed by atoms with van der Waals surface area (Å²) in [4.78, 5) is 0.0330. The summed E-state index contributed by atoms with van der Waals surface area (Å²) in [5, 5.41) is 20.5. The Morgan fingerprint density at radius 1 is 1.60 bits per heavy atom. The van der Waals surface area contributed by atoms with Crippen LogP contribution in [0.15, 0.2) is 5.28 Å². The first-order valence-corrected chi connectivity index (χ1v) is 3.01. The second kappa shape index (κ2) is 3.24. The van der Waals surface area contributed by atoms with Crippen molar-refractivity contribution in [3.63, 3.8) is 0 Å². The van der Waals surface area contributed by atoms with Crippen LogP contribution in [0.1, 0.15) is 20.8 Å². The van der Waals surface area contributed by atoms with E-state index in [1.54, 1.807) is 0 Å². The van der Waals surface area contributed by atoms with Crippen molar-refractivity contribution < 1.29 is 10.2 Å². The molecule has 0 aliphatic heterocycles. The highest BCUT2D eigenvalue weighted by Gasteiger charge is 2.11. The van der Waals surface area contributed by atoms with E-state index in [2.05, 4.69) is 10.7 Å². The number of hydrogen-bond acceptors (Lipinski definition) is 2. The normalized spacial score (nSPS) is 13.3. The summed E-state index contributed by atoms with van der Waals surface area (Å²) in [5.74, 6) is 0.